The van der Waals surface area contributed by atoms with Gasteiger partial charge in [-0.25, -0.2) is 0 Å². The van der Waals surface area contributed by atoms with Crippen molar-refractivity contribution in [3.8, 4) is 11.3 Å². The third kappa shape index (κ3) is 3.02. The Balaban J connectivity index is 2.17. The monoisotopic (exact) mass is 356 g/mol. The summed E-state index contributed by atoms with van der Waals surface area (Å²) in [5.74, 6) is 0. The molecular formula is C17H17BrN4. The molecule has 4 nitrogen and oxygen atoms in total. The first-order valence-electron chi connectivity index (χ1n) is 7.16. The van der Waals surface area contributed by atoms with E-state index in [2.05, 4.69) is 20.9 Å². The van der Waals surface area contributed by atoms with E-state index in [1.54, 1.807) is 6.20 Å². The minimum atomic E-state index is -0.188. The third-order valence-electron chi connectivity index (χ3n) is 3.60. The Labute approximate surface area is 137 Å². The van der Waals surface area contributed by atoms with E-state index in [0.29, 0.717) is 13.0 Å². The highest BCUT2D eigenvalue weighted by atomic mass is 79.9. The average Bonchev–Trinajstić information content (AvgIpc) is 2.54. The van der Waals surface area contributed by atoms with Crippen molar-refractivity contribution >= 4 is 26.8 Å². The lowest BCUT2D eigenvalue weighted by Crippen LogP contribution is -2.17. The zero-order valence-corrected chi connectivity index (χ0v) is 13.6. The molecule has 4 N–H and O–H groups in total. The van der Waals surface area contributed by atoms with Crippen molar-refractivity contribution < 1.29 is 0 Å². The molecule has 112 valence electrons. The van der Waals surface area contributed by atoms with Gasteiger partial charge in [-0.3, -0.25) is 9.97 Å². The fraction of sp³-hybridized carbons (Fsp3) is 0.176. The first-order chi connectivity index (χ1) is 10.7. The van der Waals surface area contributed by atoms with E-state index in [-0.39, 0.29) is 6.04 Å². The van der Waals surface area contributed by atoms with Gasteiger partial charge >= 0.3 is 0 Å². The summed E-state index contributed by atoms with van der Waals surface area (Å²) in [5, 5.41) is 0.990. The minimum Gasteiger partial charge on any atom is -0.330 e. The zero-order chi connectivity index (χ0) is 15.5. The smallest absolute Gasteiger partial charge is 0.0742 e. The van der Waals surface area contributed by atoms with E-state index < -0.39 is 0 Å². The van der Waals surface area contributed by atoms with Crippen molar-refractivity contribution in [1.29, 1.82) is 0 Å². The molecule has 2 aromatic heterocycles. The molecule has 22 heavy (non-hydrogen) atoms. The van der Waals surface area contributed by atoms with E-state index in [1.165, 1.54) is 0 Å². The van der Waals surface area contributed by atoms with Crippen molar-refractivity contribution in [1.82, 2.24) is 9.97 Å². The van der Waals surface area contributed by atoms with Crippen LogP contribution < -0.4 is 11.5 Å². The van der Waals surface area contributed by atoms with Gasteiger partial charge in [0.2, 0.25) is 0 Å². The first kappa shape index (κ1) is 15.1. The quantitative estimate of drug-likeness (QED) is 0.750. The lowest BCUT2D eigenvalue weighted by Gasteiger charge is -2.14. The lowest BCUT2D eigenvalue weighted by molar-refractivity contribution is 0.649. The summed E-state index contributed by atoms with van der Waals surface area (Å²) < 4.78 is 1.04. The van der Waals surface area contributed by atoms with Gasteiger partial charge in [0, 0.05) is 27.7 Å². The molecule has 0 saturated heterocycles. The van der Waals surface area contributed by atoms with Gasteiger partial charge in [0.05, 0.1) is 16.9 Å². The SMILES string of the molecule is NCCC(N)c1nc(-c2ccc(Br)cc2)cc2ncccc12. The maximum absolute atomic E-state index is 6.26. The predicted octanol–water partition coefficient (Wildman–Crippen LogP) is 3.41. The average molecular weight is 357 g/mol. The van der Waals surface area contributed by atoms with E-state index in [1.807, 2.05) is 42.5 Å². The highest BCUT2D eigenvalue weighted by molar-refractivity contribution is 9.10. The van der Waals surface area contributed by atoms with Gasteiger partial charge in [-0.15, -0.1) is 0 Å². The summed E-state index contributed by atoms with van der Waals surface area (Å²) in [6.07, 6.45) is 2.48. The van der Waals surface area contributed by atoms with Crippen LogP contribution in [0.1, 0.15) is 18.2 Å². The summed E-state index contributed by atoms with van der Waals surface area (Å²) in [6, 6.07) is 13.8. The Morgan fingerprint density at radius 3 is 2.64 bits per heavy atom. The molecule has 0 bridgehead atoms. The van der Waals surface area contributed by atoms with Crippen molar-refractivity contribution in [3.63, 3.8) is 0 Å². The van der Waals surface area contributed by atoms with Crippen molar-refractivity contribution in [2.24, 2.45) is 11.5 Å². The molecule has 1 atom stereocenters. The van der Waals surface area contributed by atoms with Crippen molar-refractivity contribution in [3.05, 3.63) is 58.8 Å². The molecule has 2 heterocycles. The molecule has 0 saturated carbocycles. The fourth-order valence-corrected chi connectivity index (χ4v) is 2.73. The number of nitrogens with zero attached hydrogens (tertiary/aromatic N) is 2. The highest BCUT2D eigenvalue weighted by Crippen LogP contribution is 2.28. The Kier molecular flexibility index (Phi) is 4.47. The Morgan fingerprint density at radius 1 is 1.14 bits per heavy atom. The maximum atomic E-state index is 6.26. The van der Waals surface area contributed by atoms with Crippen molar-refractivity contribution in [2.45, 2.75) is 12.5 Å². The molecule has 0 amide bonds. The van der Waals surface area contributed by atoms with Crippen LogP contribution in [0.15, 0.2) is 53.1 Å². The molecule has 0 aliphatic rings. The minimum absolute atomic E-state index is 0.188. The van der Waals surface area contributed by atoms with Crippen LogP contribution in [0.25, 0.3) is 22.2 Å². The molecular weight excluding hydrogens is 340 g/mol. The second-order valence-corrected chi connectivity index (χ2v) is 6.07. The van der Waals surface area contributed by atoms with Gasteiger partial charge in [0.25, 0.3) is 0 Å². The molecule has 0 aliphatic carbocycles. The maximum Gasteiger partial charge on any atom is 0.0742 e. The van der Waals surface area contributed by atoms with E-state index in [0.717, 1.165) is 32.3 Å². The van der Waals surface area contributed by atoms with Crippen LogP contribution in [-0.4, -0.2) is 16.5 Å². The largest absolute Gasteiger partial charge is 0.330 e. The van der Waals surface area contributed by atoms with Crippen molar-refractivity contribution in [2.75, 3.05) is 6.54 Å². The normalized spacial score (nSPS) is 12.5. The Hall–Kier alpha value is -1.82. The van der Waals surface area contributed by atoms with Gasteiger partial charge in [0.15, 0.2) is 0 Å². The summed E-state index contributed by atoms with van der Waals surface area (Å²) in [6.45, 7) is 0.535. The lowest BCUT2D eigenvalue weighted by atomic mass is 10.0. The van der Waals surface area contributed by atoms with E-state index in [9.17, 15) is 0 Å². The summed E-state index contributed by atoms with van der Waals surface area (Å²) in [7, 11) is 0. The first-order valence-corrected chi connectivity index (χ1v) is 7.95. The predicted molar refractivity (Wildman–Crippen MR) is 93.3 cm³/mol. The number of rotatable bonds is 4. The van der Waals surface area contributed by atoms with Crippen LogP contribution in [0.3, 0.4) is 0 Å². The summed E-state index contributed by atoms with van der Waals surface area (Å²) in [5.41, 5.74) is 15.6. The second kappa shape index (κ2) is 6.52. The van der Waals surface area contributed by atoms with Crippen LogP contribution in [0.2, 0.25) is 0 Å². The van der Waals surface area contributed by atoms with E-state index in [4.69, 9.17) is 16.5 Å². The molecule has 0 aliphatic heterocycles. The number of pyridine rings is 2. The van der Waals surface area contributed by atoms with Gasteiger partial charge in [0.1, 0.15) is 0 Å². The summed E-state index contributed by atoms with van der Waals surface area (Å²) in [4.78, 5) is 9.24. The van der Waals surface area contributed by atoms with Gasteiger partial charge in [-0.05, 0) is 43.3 Å². The third-order valence-corrected chi connectivity index (χ3v) is 4.13. The van der Waals surface area contributed by atoms with Gasteiger partial charge < -0.3 is 11.5 Å². The number of fused-ring (bicyclic) bond motifs is 1. The Bertz CT molecular complexity index is 786. The number of halogens is 1. The number of hydrogen-bond donors (Lipinski definition) is 2. The molecule has 1 unspecified atom stereocenters. The van der Waals surface area contributed by atoms with Gasteiger partial charge in [-0.1, -0.05) is 28.1 Å². The van der Waals surface area contributed by atoms with E-state index >= 15 is 0 Å². The molecule has 0 spiro atoms. The highest BCUT2D eigenvalue weighted by Gasteiger charge is 2.14. The summed E-state index contributed by atoms with van der Waals surface area (Å²) >= 11 is 3.45. The van der Waals surface area contributed by atoms with Crippen LogP contribution in [0, 0.1) is 0 Å². The standard InChI is InChI=1S/C17H17BrN4/c18-12-5-3-11(4-6-12)15-10-16-13(2-1-9-21-16)17(22-15)14(20)7-8-19/h1-6,9-10,14H,7-8,19-20H2. The molecule has 0 fully saturated rings. The molecule has 0 radical (unpaired) electrons. The van der Waals surface area contributed by atoms with Gasteiger partial charge in [-0.2, -0.15) is 0 Å². The fourth-order valence-electron chi connectivity index (χ4n) is 2.47. The number of hydrogen-bond acceptors (Lipinski definition) is 4. The topological polar surface area (TPSA) is 77.8 Å². The molecule has 5 heteroatoms. The Morgan fingerprint density at radius 2 is 1.91 bits per heavy atom. The molecule has 1 aromatic carbocycles. The molecule has 3 rings (SSSR count). The van der Waals surface area contributed by atoms with Crippen LogP contribution in [0.5, 0.6) is 0 Å². The number of aromatic nitrogens is 2. The zero-order valence-electron chi connectivity index (χ0n) is 12.0. The number of benzene rings is 1. The van der Waals surface area contributed by atoms with Crippen LogP contribution in [-0.2, 0) is 0 Å². The number of nitrogens with two attached hydrogens (primary N) is 2. The second-order valence-electron chi connectivity index (χ2n) is 5.15. The van der Waals surface area contributed by atoms with Crippen LogP contribution >= 0.6 is 15.9 Å². The molecule has 3 aromatic rings. The van der Waals surface area contributed by atoms with Crippen LogP contribution in [0.4, 0.5) is 0 Å².